The molecule has 0 heterocycles. The molecule has 0 spiro atoms. The minimum absolute atomic E-state index is 0.172. The summed E-state index contributed by atoms with van der Waals surface area (Å²) >= 11 is 0. The molecule has 0 saturated carbocycles. The van der Waals surface area contributed by atoms with Gasteiger partial charge in [0, 0.05) is 12.8 Å². The van der Waals surface area contributed by atoms with Gasteiger partial charge in [-0.25, -0.2) is 4.79 Å². The van der Waals surface area contributed by atoms with Crippen LogP contribution in [-0.2, 0) is 19.1 Å². The van der Waals surface area contributed by atoms with E-state index in [1.54, 1.807) is 20.8 Å². The lowest BCUT2D eigenvalue weighted by Crippen LogP contribution is -2.57. The van der Waals surface area contributed by atoms with Crippen molar-refractivity contribution in [2.45, 2.75) is 116 Å². The number of hydrogen-bond donors (Lipinski definition) is 2. The van der Waals surface area contributed by atoms with Crippen LogP contribution in [0.5, 0.6) is 0 Å². The Hall–Kier alpha value is -1.43. The van der Waals surface area contributed by atoms with E-state index in [0.29, 0.717) is 6.42 Å². The van der Waals surface area contributed by atoms with Gasteiger partial charge < -0.3 is 15.6 Å². The van der Waals surface area contributed by atoms with Crippen LogP contribution < -0.4 is 5.73 Å². The van der Waals surface area contributed by atoms with E-state index in [2.05, 4.69) is 6.92 Å². The van der Waals surface area contributed by atoms with Gasteiger partial charge in [0.2, 0.25) is 0 Å². The van der Waals surface area contributed by atoms with Gasteiger partial charge in [-0.2, -0.15) is 0 Å². The predicted molar refractivity (Wildman–Crippen MR) is 106 cm³/mol. The molecule has 158 valence electrons. The number of Topliss-reactive ketones (excluding diaryl/α,β-unsaturated/α-hetero) is 1. The molecule has 0 radical (unpaired) electrons. The molecule has 0 rings (SSSR count). The van der Waals surface area contributed by atoms with Crippen molar-refractivity contribution in [3.63, 3.8) is 0 Å². The summed E-state index contributed by atoms with van der Waals surface area (Å²) in [4.78, 5) is 35.9. The highest BCUT2D eigenvalue weighted by atomic mass is 16.6. The van der Waals surface area contributed by atoms with Crippen molar-refractivity contribution in [2.75, 3.05) is 0 Å². The lowest BCUT2D eigenvalue weighted by Gasteiger charge is -2.30. The van der Waals surface area contributed by atoms with Gasteiger partial charge in [-0.15, -0.1) is 0 Å². The summed E-state index contributed by atoms with van der Waals surface area (Å²) in [5.41, 5.74) is 3.39. The van der Waals surface area contributed by atoms with Gasteiger partial charge in [0.1, 0.15) is 5.60 Å². The fraction of sp³-hybridized carbons (Fsp3) is 0.857. The van der Waals surface area contributed by atoms with Crippen LogP contribution in [0.15, 0.2) is 0 Å². The highest BCUT2D eigenvalue weighted by molar-refractivity contribution is 6.08. The second-order valence-electron chi connectivity index (χ2n) is 8.37. The number of carboxylic acid groups (broad SMARTS) is 1. The molecular formula is C21H39NO5. The smallest absolute Gasteiger partial charge is 0.334 e. The van der Waals surface area contributed by atoms with E-state index in [1.807, 2.05) is 0 Å². The van der Waals surface area contributed by atoms with Crippen LogP contribution in [0.3, 0.4) is 0 Å². The first kappa shape index (κ1) is 25.6. The van der Waals surface area contributed by atoms with Crippen LogP contribution in [0.4, 0.5) is 0 Å². The van der Waals surface area contributed by atoms with Gasteiger partial charge in [0.15, 0.2) is 11.3 Å². The highest BCUT2D eigenvalue weighted by Crippen LogP contribution is 2.21. The van der Waals surface area contributed by atoms with Gasteiger partial charge in [-0.3, -0.25) is 9.59 Å². The Kier molecular flexibility index (Phi) is 12.2. The number of rotatable bonds is 15. The SMILES string of the molecule is CCCCCCCCCCCC(=O)C(N)(CCC(=O)O)C(=O)OC(C)(C)C. The molecule has 0 aliphatic rings. The molecule has 0 aromatic heterocycles. The van der Waals surface area contributed by atoms with E-state index in [4.69, 9.17) is 15.6 Å². The normalized spacial score (nSPS) is 13.8. The largest absolute Gasteiger partial charge is 0.481 e. The Balaban J connectivity index is 4.46. The average molecular weight is 386 g/mol. The van der Waals surface area contributed by atoms with Crippen LogP contribution in [0.25, 0.3) is 0 Å². The van der Waals surface area contributed by atoms with Crippen LogP contribution in [0.2, 0.25) is 0 Å². The number of hydrogen-bond acceptors (Lipinski definition) is 5. The third-order valence-electron chi connectivity index (χ3n) is 4.50. The number of ketones is 1. The molecule has 1 atom stereocenters. The van der Waals surface area contributed by atoms with Crippen molar-refractivity contribution >= 4 is 17.7 Å². The molecule has 0 fully saturated rings. The molecule has 0 aromatic carbocycles. The van der Waals surface area contributed by atoms with Gasteiger partial charge in [-0.1, -0.05) is 58.3 Å². The number of aliphatic carboxylic acids is 1. The van der Waals surface area contributed by atoms with Crippen LogP contribution >= 0.6 is 0 Å². The zero-order valence-corrected chi connectivity index (χ0v) is 17.6. The molecule has 0 saturated heterocycles. The number of ether oxygens (including phenoxy) is 1. The minimum atomic E-state index is -1.88. The Morgan fingerprint density at radius 1 is 0.852 bits per heavy atom. The number of esters is 1. The molecule has 3 N–H and O–H groups in total. The first-order valence-corrected chi connectivity index (χ1v) is 10.3. The Morgan fingerprint density at radius 2 is 1.33 bits per heavy atom. The summed E-state index contributed by atoms with van der Waals surface area (Å²) in [7, 11) is 0. The topological polar surface area (TPSA) is 107 Å². The molecular weight excluding hydrogens is 346 g/mol. The van der Waals surface area contributed by atoms with E-state index >= 15 is 0 Å². The number of unbranched alkanes of at least 4 members (excludes halogenated alkanes) is 8. The van der Waals surface area contributed by atoms with E-state index < -0.39 is 28.9 Å². The maximum absolute atomic E-state index is 12.6. The minimum Gasteiger partial charge on any atom is -0.481 e. The summed E-state index contributed by atoms with van der Waals surface area (Å²) in [5, 5.41) is 8.90. The maximum atomic E-state index is 12.6. The van der Waals surface area contributed by atoms with E-state index in [1.165, 1.54) is 32.1 Å². The standard InChI is InChI=1S/C21H39NO5/c1-5-6-7-8-9-10-11-12-13-14-17(23)21(22,16-15-18(24)25)19(26)27-20(2,3)4/h5-16,22H2,1-4H3,(H,24,25). The lowest BCUT2D eigenvalue weighted by molar-refractivity contribution is -0.164. The first-order valence-electron chi connectivity index (χ1n) is 10.3. The highest BCUT2D eigenvalue weighted by Gasteiger charge is 2.44. The number of carboxylic acids is 1. The zero-order valence-electron chi connectivity index (χ0n) is 17.6. The van der Waals surface area contributed by atoms with E-state index in [-0.39, 0.29) is 19.3 Å². The molecule has 1 unspecified atom stereocenters. The molecule has 0 aliphatic heterocycles. The van der Waals surface area contributed by atoms with Gasteiger partial charge in [0.25, 0.3) is 0 Å². The third kappa shape index (κ3) is 11.8. The Morgan fingerprint density at radius 3 is 1.78 bits per heavy atom. The van der Waals surface area contributed by atoms with Crippen molar-refractivity contribution in [2.24, 2.45) is 5.73 Å². The predicted octanol–water partition coefficient (Wildman–Crippen LogP) is 4.38. The van der Waals surface area contributed by atoms with Crippen molar-refractivity contribution in [1.82, 2.24) is 0 Å². The van der Waals surface area contributed by atoms with E-state index in [9.17, 15) is 14.4 Å². The molecule has 6 heteroatoms. The Bertz CT molecular complexity index is 470. The van der Waals surface area contributed by atoms with Crippen molar-refractivity contribution in [3.8, 4) is 0 Å². The van der Waals surface area contributed by atoms with Gasteiger partial charge >= 0.3 is 11.9 Å². The molecule has 0 aromatic rings. The summed E-state index contributed by atoms with van der Waals surface area (Å²) in [6.07, 6.45) is 9.62. The number of carbonyl (C=O) groups excluding carboxylic acids is 2. The molecule has 0 bridgehead atoms. The van der Waals surface area contributed by atoms with E-state index in [0.717, 1.165) is 19.3 Å². The second kappa shape index (κ2) is 12.9. The molecule has 0 aliphatic carbocycles. The van der Waals surface area contributed by atoms with Crippen LogP contribution in [-0.4, -0.2) is 34.0 Å². The second-order valence-corrected chi connectivity index (χ2v) is 8.37. The fourth-order valence-electron chi connectivity index (χ4n) is 2.85. The van der Waals surface area contributed by atoms with Gasteiger partial charge in [0.05, 0.1) is 0 Å². The Labute approximate surface area is 164 Å². The summed E-state index contributed by atoms with van der Waals surface area (Å²) in [6, 6.07) is 0. The van der Waals surface area contributed by atoms with Crippen LogP contribution in [0, 0.1) is 0 Å². The third-order valence-corrected chi connectivity index (χ3v) is 4.50. The van der Waals surface area contributed by atoms with Gasteiger partial charge in [-0.05, 0) is 33.6 Å². The monoisotopic (exact) mass is 385 g/mol. The lowest BCUT2D eigenvalue weighted by atomic mass is 9.86. The summed E-state index contributed by atoms with van der Waals surface area (Å²) < 4.78 is 5.27. The summed E-state index contributed by atoms with van der Waals surface area (Å²) in [5.74, 6) is -2.36. The fourth-order valence-corrected chi connectivity index (χ4v) is 2.85. The van der Waals surface area contributed by atoms with Crippen molar-refractivity contribution < 1.29 is 24.2 Å². The summed E-state index contributed by atoms with van der Waals surface area (Å²) in [6.45, 7) is 7.26. The van der Waals surface area contributed by atoms with Crippen LogP contribution in [0.1, 0.15) is 105 Å². The molecule has 6 nitrogen and oxygen atoms in total. The quantitative estimate of drug-likeness (QED) is 0.246. The molecule has 0 amide bonds. The zero-order chi connectivity index (χ0) is 20.9. The average Bonchev–Trinajstić information content (AvgIpc) is 2.56. The number of nitrogens with two attached hydrogens (primary N) is 1. The maximum Gasteiger partial charge on any atom is 0.334 e. The first-order chi connectivity index (χ1) is 12.5. The number of carbonyl (C=O) groups is 3. The molecule has 27 heavy (non-hydrogen) atoms. The van der Waals surface area contributed by atoms with Crippen molar-refractivity contribution in [1.29, 1.82) is 0 Å². The van der Waals surface area contributed by atoms with Crippen molar-refractivity contribution in [3.05, 3.63) is 0 Å².